The third kappa shape index (κ3) is 3.35. The van der Waals surface area contributed by atoms with Gasteiger partial charge in [-0.15, -0.1) is 5.10 Å². The van der Waals surface area contributed by atoms with Crippen LogP contribution in [0.25, 0.3) is 0 Å². The topological polar surface area (TPSA) is 69.8 Å². The average molecular weight is 310 g/mol. The molecule has 3 rings (SSSR count). The van der Waals surface area contributed by atoms with Crippen LogP contribution in [0.3, 0.4) is 0 Å². The third-order valence-electron chi connectivity index (χ3n) is 4.64. The van der Waals surface area contributed by atoms with Gasteiger partial charge >= 0.3 is 0 Å². The van der Waals surface area contributed by atoms with Gasteiger partial charge in [-0.1, -0.05) is 0 Å². The highest BCUT2D eigenvalue weighted by molar-refractivity contribution is 5.37. The molecule has 6 heteroatoms. The van der Waals surface area contributed by atoms with E-state index in [-0.39, 0.29) is 0 Å². The van der Waals surface area contributed by atoms with E-state index in [1.165, 1.54) is 5.56 Å². The molecule has 1 fully saturated rings. The van der Waals surface area contributed by atoms with Gasteiger partial charge in [0.05, 0.1) is 0 Å². The van der Waals surface area contributed by atoms with Crippen LogP contribution in [-0.2, 0) is 13.6 Å². The summed E-state index contributed by atoms with van der Waals surface area (Å²) in [5.41, 5.74) is 3.06. The molecule has 0 spiro atoms. The number of hydrogen-bond acceptors (Lipinski definition) is 5. The Morgan fingerprint density at radius 3 is 3.04 bits per heavy atom. The van der Waals surface area contributed by atoms with Crippen molar-refractivity contribution in [2.45, 2.75) is 32.4 Å². The second-order valence-corrected chi connectivity index (χ2v) is 6.06. The first-order valence-electron chi connectivity index (χ1n) is 8.00. The molecule has 3 heterocycles. The van der Waals surface area contributed by atoms with Crippen molar-refractivity contribution in [2.75, 3.05) is 18.0 Å². The van der Waals surface area contributed by atoms with Gasteiger partial charge < -0.3 is 14.8 Å². The maximum absolute atomic E-state index is 9.12. The van der Waals surface area contributed by atoms with E-state index in [0.717, 1.165) is 44.0 Å². The Bertz CT molecular complexity index is 700. The highest BCUT2D eigenvalue weighted by atomic mass is 15.3. The lowest BCUT2D eigenvalue weighted by molar-refractivity contribution is 0.419. The molecule has 0 bridgehead atoms. The van der Waals surface area contributed by atoms with Crippen LogP contribution >= 0.6 is 0 Å². The first-order chi connectivity index (χ1) is 11.2. The van der Waals surface area contributed by atoms with Crippen LogP contribution in [-0.4, -0.2) is 33.9 Å². The lowest BCUT2D eigenvalue weighted by atomic mass is 10.1. The quantitative estimate of drug-likeness (QED) is 0.932. The maximum atomic E-state index is 9.12. The van der Waals surface area contributed by atoms with Crippen LogP contribution in [0.1, 0.15) is 29.8 Å². The molecule has 120 valence electrons. The molecule has 0 amide bonds. The normalized spacial score (nSPS) is 18.0. The number of hydrogen-bond donors (Lipinski definition) is 1. The van der Waals surface area contributed by atoms with Crippen molar-refractivity contribution in [3.63, 3.8) is 0 Å². The molecule has 2 aromatic heterocycles. The van der Waals surface area contributed by atoms with Gasteiger partial charge in [-0.05, 0) is 43.5 Å². The van der Waals surface area contributed by atoms with Crippen LogP contribution in [0, 0.1) is 18.3 Å². The minimum atomic E-state index is 0.427. The highest BCUT2D eigenvalue weighted by Gasteiger charge is 2.21. The summed E-state index contributed by atoms with van der Waals surface area (Å²) < 4.78 is 1.95. The Balaban J connectivity index is 1.62. The lowest BCUT2D eigenvalue weighted by Crippen LogP contribution is -2.45. The van der Waals surface area contributed by atoms with Crippen LogP contribution in [0.15, 0.2) is 24.4 Å². The zero-order chi connectivity index (χ0) is 16.2. The second-order valence-electron chi connectivity index (χ2n) is 6.06. The molecule has 0 aromatic carbocycles. The number of anilines is 1. The molecule has 6 nitrogen and oxygen atoms in total. The Labute approximate surface area is 136 Å². The number of nitrogens with zero attached hydrogens (tertiary/aromatic N) is 5. The predicted octanol–water partition coefficient (Wildman–Crippen LogP) is 1.75. The van der Waals surface area contributed by atoms with Crippen molar-refractivity contribution < 1.29 is 0 Å². The molecule has 0 saturated carbocycles. The van der Waals surface area contributed by atoms with E-state index in [2.05, 4.69) is 33.4 Å². The molecule has 1 aliphatic heterocycles. The number of rotatable bonds is 4. The minimum absolute atomic E-state index is 0.427. The first kappa shape index (κ1) is 15.5. The number of aromatic nitrogens is 3. The van der Waals surface area contributed by atoms with Gasteiger partial charge in [0.25, 0.3) is 0 Å². The molecular weight excluding hydrogens is 288 g/mol. The summed E-state index contributed by atoms with van der Waals surface area (Å²) in [6.45, 7) is 4.82. The minimum Gasteiger partial charge on any atom is -0.354 e. The molecule has 23 heavy (non-hydrogen) atoms. The molecule has 0 unspecified atom stereocenters. The fourth-order valence-corrected chi connectivity index (χ4v) is 3.12. The zero-order valence-corrected chi connectivity index (χ0v) is 13.7. The molecule has 1 N–H and O–H groups in total. The van der Waals surface area contributed by atoms with Gasteiger partial charge in [-0.3, -0.25) is 0 Å². The highest BCUT2D eigenvalue weighted by Crippen LogP contribution is 2.18. The van der Waals surface area contributed by atoms with E-state index in [0.29, 0.717) is 11.7 Å². The number of nitriles is 1. The van der Waals surface area contributed by atoms with Gasteiger partial charge in [0.2, 0.25) is 0 Å². The number of nitrogens with one attached hydrogen (secondary N) is 1. The first-order valence-corrected chi connectivity index (χ1v) is 8.00. The Hall–Kier alpha value is -2.39. The summed E-state index contributed by atoms with van der Waals surface area (Å²) in [5, 5.41) is 20.9. The van der Waals surface area contributed by atoms with E-state index >= 15 is 0 Å². The van der Waals surface area contributed by atoms with Crippen LogP contribution in [0.4, 0.5) is 5.82 Å². The van der Waals surface area contributed by atoms with Crippen molar-refractivity contribution in [3.8, 4) is 6.07 Å². The van der Waals surface area contributed by atoms with Crippen LogP contribution < -0.4 is 10.2 Å². The van der Waals surface area contributed by atoms with Crippen LogP contribution in [0.2, 0.25) is 0 Å². The summed E-state index contributed by atoms with van der Waals surface area (Å²) in [6, 6.07) is 8.58. The molecule has 1 saturated heterocycles. The van der Waals surface area contributed by atoms with Gasteiger partial charge in [0, 0.05) is 44.6 Å². The monoisotopic (exact) mass is 310 g/mol. The molecule has 1 atom stereocenters. The van der Waals surface area contributed by atoms with E-state index < -0.39 is 0 Å². The van der Waals surface area contributed by atoms with Crippen molar-refractivity contribution >= 4 is 5.82 Å². The van der Waals surface area contributed by atoms with Crippen molar-refractivity contribution in [2.24, 2.45) is 7.05 Å². The van der Waals surface area contributed by atoms with Crippen molar-refractivity contribution in [3.05, 3.63) is 41.3 Å². The van der Waals surface area contributed by atoms with E-state index in [4.69, 9.17) is 5.26 Å². The summed E-state index contributed by atoms with van der Waals surface area (Å²) in [4.78, 5) is 2.28. The van der Waals surface area contributed by atoms with E-state index in [9.17, 15) is 0 Å². The summed E-state index contributed by atoms with van der Waals surface area (Å²) in [7, 11) is 1.94. The van der Waals surface area contributed by atoms with Gasteiger partial charge in [0.1, 0.15) is 11.8 Å². The van der Waals surface area contributed by atoms with Crippen molar-refractivity contribution in [1.29, 1.82) is 5.26 Å². The second kappa shape index (κ2) is 6.80. The van der Waals surface area contributed by atoms with Gasteiger partial charge in [-0.25, -0.2) is 0 Å². The molecule has 0 radical (unpaired) electrons. The molecule has 0 aliphatic carbocycles. The van der Waals surface area contributed by atoms with Crippen molar-refractivity contribution in [1.82, 2.24) is 20.1 Å². The Kier molecular flexibility index (Phi) is 4.58. The third-order valence-corrected chi connectivity index (χ3v) is 4.64. The van der Waals surface area contributed by atoms with Crippen LogP contribution in [0.5, 0.6) is 0 Å². The SMILES string of the molecule is Cc1c(CN[C@@H]2CCCN(c3cccnn3)C2)cc(C#N)n1C. The lowest BCUT2D eigenvalue weighted by Gasteiger charge is -2.33. The summed E-state index contributed by atoms with van der Waals surface area (Å²) >= 11 is 0. The standard InChI is InChI=1S/C17H22N6/c1-13-14(9-16(10-18)22(13)2)11-19-15-5-4-8-23(12-15)17-6-3-7-20-21-17/h3,6-7,9,15,19H,4-5,8,11-12H2,1-2H3/t15-/m1/s1. The van der Waals surface area contributed by atoms with E-state index in [1.807, 2.05) is 29.8 Å². The largest absolute Gasteiger partial charge is 0.354 e. The fraction of sp³-hybridized carbons (Fsp3) is 0.471. The zero-order valence-electron chi connectivity index (χ0n) is 13.7. The smallest absolute Gasteiger partial charge is 0.151 e. The Morgan fingerprint density at radius 2 is 2.35 bits per heavy atom. The summed E-state index contributed by atoms with van der Waals surface area (Å²) in [5.74, 6) is 0.946. The number of piperidine rings is 1. The predicted molar refractivity (Wildman–Crippen MR) is 89.0 cm³/mol. The molecular formula is C17H22N6. The average Bonchev–Trinajstić information content (AvgIpc) is 2.88. The van der Waals surface area contributed by atoms with Gasteiger partial charge in [-0.2, -0.15) is 10.4 Å². The molecule has 2 aromatic rings. The van der Waals surface area contributed by atoms with E-state index in [1.54, 1.807) is 6.20 Å². The fourth-order valence-electron chi connectivity index (χ4n) is 3.12. The maximum Gasteiger partial charge on any atom is 0.151 e. The molecule has 1 aliphatic rings. The Morgan fingerprint density at radius 1 is 1.48 bits per heavy atom. The summed E-state index contributed by atoms with van der Waals surface area (Å²) in [6.07, 6.45) is 4.01. The van der Waals surface area contributed by atoms with Gasteiger partial charge in [0.15, 0.2) is 5.82 Å².